The first-order valence-corrected chi connectivity index (χ1v) is 17.1. The number of esters is 4. The van der Waals surface area contributed by atoms with E-state index in [0.717, 1.165) is 0 Å². The summed E-state index contributed by atoms with van der Waals surface area (Å²) in [7, 11) is 2.43. The minimum atomic E-state index is -1.68. The van der Waals surface area contributed by atoms with Gasteiger partial charge >= 0.3 is 23.9 Å². The maximum Gasteiger partial charge on any atom is 0.335 e. The van der Waals surface area contributed by atoms with Crippen molar-refractivity contribution in [2.45, 2.75) is 107 Å². The zero-order valence-electron chi connectivity index (χ0n) is 29.0. The summed E-state index contributed by atoms with van der Waals surface area (Å²) >= 11 is 0. The van der Waals surface area contributed by atoms with Crippen LogP contribution in [0.5, 0.6) is 0 Å². The van der Waals surface area contributed by atoms with Gasteiger partial charge in [0.05, 0.1) is 52.0 Å². The van der Waals surface area contributed by atoms with Gasteiger partial charge in [-0.05, 0) is 33.3 Å². The van der Waals surface area contributed by atoms with Gasteiger partial charge in [0.15, 0.2) is 11.7 Å². The van der Waals surface area contributed by atoms with Crippen LogP contribution in [-0.4, -0.2) is 121 Å². The van der Waals surface area contributed by atoms with Crippen molar-refractivity contribution in [3.8, 4) is 0 Å². The molecular formula is C35H44O15. The molecule has 15 nitrogen and oxygen atoms in total. The minimum Gasteiger partial charge on any atom is -0.469 e. The van der Waals surface area contributed by atoms with Crippen molar-refractivity contribution in [1.29, 1.82) is 0 Å². The van der Waals surface area contributed by atoms with E-state index in [2.05, 4.69) is 0 Å². The fourth-order valence-corrected chi connectivity index (χ4v) is 12.1. The molecule has 3 saturated carbocycles. The molecule has 0 aromatic rings. The smallest absolute Gasteiger partial charge is 0.335 e. The van der Waals surface area contributed by atoms with Crippen LogP contribution in [0.15, 0.2) is 24.0 Å². The quantitative estimate of drug-likeness (QED) is 0.168. The second-order valence-electron chi connectivity index (χ2n) is 15.6. The molecule has 5 heterocycles. The summed E-state index contributed by atoms with van der Waals surface area (Å²) in [5.41, 5.74) is -8.31. The van der Waals surface area contributed by atoms with E-state index in [4.69, 9.17) is 42.6 Å². The molecule has 4 saturated heterocycles. The van der Waals surface area contributed by atoms with Crippen LogP contribution < -0.4 is 0 Å². The van der Waals surface area contributed by atoms with E-state index < -0.39 is 118 Å². The van der Waals surface area contributed by atoms with E-state index in [9.17, 15) is 29.4 Å². The van der Waals surface area contributed by atoms with Gasteiger partial charge in [-0.15, -0.1) is 0 Å². The molecule has 8 rings (SSSR count). The Hall–Kier alpha value is -3.08. The molecule has 0 amide bonds. The number of rotatable bonds is 6. The van der Waals surface area contributed by atoms with Crippen molar-refractivity contribution >= 4 is 23.9 Å². The number of aliphatic hydroxyl groups is 2. The first kappa shape index (κ1) is 34.0. The normalized spacial score (nSPS) is 53.3. The summed E-state index contributed by atoms with van der Waals surface area (Å²) in [5.74, 6) is -5.48. The van der Waals surface area contributed by atoms with Gasteiger partial charge in [0.25, 0.3) is 0 Å². The van der Waals surface area contributed by atoms with Gasteiger partial charge in [-0.2, -0.15) is 0 Å². The Morgan fingerprint density at radius 2 is 1.70 bits per heavy atom. The lowest BCUT2D eigenvalue weighted by molar-refractivity contribution is -0.296. The van der Waals surface area contributed by atoms with Gasteiger partial charge in [0.1, 0.15) is 28.8 Å². The Morgan fingerprint density at radius 3 is 2.36 bits per heavy atom. The van der Waals surface area contributed by atoms with E-state index in [1.807, 2.05) is 6.92 Å². The molecule has 7 fully saturated rings. The third-order valence-corrected chi connectivity index (χ3v) is 14.1. The second kappa shape index (κ2) is 10.5. The first-order valence-electron chi connectivity index (χ1n) is 17.1. The molecule has 50 heavy (non-hydrogen) atoms. The maximum atomic E-state index is 14.2. The van der Waals surface area contributed by atoms with Crippen LogP contribution in [0.1, 0.15) is 47.5 Å². The summed E-state index contributed by atoms with van der Waals surface area (Å²) in [5, 5.41) is 24.8. The number of carbonyl (C=O) groups is 4. The fourth-order valence-electron chi connectivity index (χ4n) is 12.1. The van der Waals surface area contributed by atoms with E-state index >= 15 is 0 Å². The molecule has 274 valence electrons. The fraction of sp³-hybridized carbons (Fsp3) is 0.771. The average Bonchev–Trinajstić information content (AvgIpc) is 3.52. The number of allylic oxidation sites excluding steroid dienone is 1. The van der Waals surface area contributed by atoms with Gasteiger partial charge in [0.2, 0.25) is 6.29 Å². The first-order chi connectivity index (χ1) is 23.6. The van der Waals surface area contributed by atoms with Crippen molar-refractivity contribution in [1.82, 2.24) is 0 Å². The van der Waals surface area contributed by atoms with E-state index in [1.54, 1.807) is 32.9 Å². The molecule has 1 spiro atoms. The van der Waals surface area contributed by atoms with Crippen molar-refractivity contribution in [2.24, 2.45) is 34.0 Å². The number of hydrogen-bond donors (Lipinski definition) is 2. The third-order valence-electron chi connectivity index (χ3n) is 14.1. The molecule has 2 N–H and O–H groups in total. The SMILES string of the molecule is C/C=C(\C)C(=O)O[C@H]1C[C@@H](OC(C)=O)[C@@]2(C(=O)OC)CO[C@H]3[C@@H](O)[C@@](C)([C@]45O[C@@]4(C)[C@H]4C[C@@H]5O[C@@H]5OC=C[C@@]54O)[C@@H]4C(C(=O)OC)OC[C@@]14[C@@H]32. The van der Waals surface area contributed by atoms with Crippen molar-refractivity contribution in [3.05, 3.63) is 24.0 Å². The van der Waals surface area contributed by atoms with Crippen molar-refractivity contribution < 1.29 is 72.0 Å². The van der Waals surface area contributed by atoms with Crippen LogP contribution in [0.4, 0.5) is 0 Å². The number of ether oxygens (including phenoxy) is 9. The molecular weight excluding hydrogens is 660 g/mol. The Bertz CT molecular complexity index is 1610. The Morgan fingerprint density at radius 1 is 0.960 bits per heavy atom. The molecule has 1 unspecified atom stereocenters. The summed E-state index contributed by atoms with van der Waals surface area (Å²) in [6.45, 7) is 7.60. The lowest BCUT2D eigenvalue weighted by atomic mass is 9.38. The predicted octanol–water partition coefficient (Wildman–Crippen LogP) is 0.477. The summed E-state index contributed by atoms with van der Waals surface area (Å²) in [6.07, 6.45) is -3.32. The Labute approximate surface area is 288 Å². The zero-order chi connectivity index (χ0) is 36.0. The molecule has 3 aliphatic carbocycles. The summed E-state index contributed by atoms with van der Waals surface area (Å²) < 4.78 is 54.7. The van der Waals surface area contributed by atoms with Gasteiger partial charge in [0, 0.05) is 47.5 Å². The van der Waals surface area contributed by atoms with Crippen LogP contribution in [-0.2, 0) is 61.8 Å². The van der Waals surface area contributed by atoms with E-state index in [-0.39, 0.29) is 19.6 Å². The molecule has 2 bridgehead atoms. The lowest BCUT2D eigenvalue weighted by Crippen LogP contribution is -2.77. The number of hydrogen-bond acceptors (Lipinski definition) is 15. The van der Waals surface area contributed by atoms with Crippen molar-refractivity contribution in [2.75, 3.05) is 27.4 Å². The highest BCUT2D eigenvalue weighted by Gasteiger charge is 2.95. The number of aliphatic hydroxyl groups excluding tert-OH is 1. The molecule has 15 heteroatoms. The molecule has 8 aliphatic rings. The third kappa shape index (κ3) is 3.56. The zero-order valence-corrected chi connectivity index (χ0v) is 29.0. The Balaban J connectivity index is 1.37. The number of carbonyl (C=O) groups excluding carboxylic acids is 4. The van der Waals surface area contributed by atoms with Crippen LogP contribution in [0.3, 0.4) is 0 Å². The number of fused-ring (bicyclic) bond motifs is 7. The van der Waals surface area contributed by atoms with E-state index in [0.29, 0.717) is 12.0 Å². The van der Waals surface area contributed by atoms with Gasteiger partial charge < -0.3 is 52.8 Å². The topological polar surface area (TPSA) is 195 Å². The molecule has 0 aromatic carbocycles. The van der Waals surface area contributed by atoms with Crippen LogP contribution in [0, 0.1) is 34.0 Å². The highest BCUT2D eigenvalue weighted by atomic mass is 16.7. The molecule has 0 radical (unpaired) electrons. The van der Waals surface area contributed by atoms with Gasteiger partial charge in [-0.25, -0.2) is 9.59 Å². The second-order valence-corrected chi connectivity index (χ2v) is 15.6. The van der Waals surface area contributed by atoms with Crippen LogP contribution in [0.2, 0.25) is 0 Å². The Kier molecular flexibility index (Phi) is 7.15. The van der Waals surface area contributed by atoms with Crippen molar-refractivity contribution in [3.63, 3.8) is 0 Å². The number of epoxide rings is 1. The molecule has 16 atom stereocenters. The standard InChI is InChI=1S/C35H44O15/c1-8-15(2)26(38)48-18-12-19(47-16(3)36)33(28(40)43-7)14-45-21-24(33)32(18)13-46-22(27(39)42-6)23(32)30(4,25(21)37)35-20-11-17(31(35,5)50-35)34(41)9-10-44-29(34)49-20/h8-10,17-25,29,37,41H,11-14H2,1-7H3/b15-8+/t17-,18+,19-,20+,21-,22?,23+,24-,25-,29+,30+,31+,32-,33+,34+,35+/m1/s1. The van der Waals surface area contributed by atoms with Crippen LogP contribution >= 0.6 is 0 Å². The average molecular weight is 705 g/mol. The number of methoxy groups -OCH3 is 2. The monoisotopic (exact) mass is 704 g/mol. The largest absolute Gasteiger partial charge is 0.469 e. The minimum absolute atomic E-state index is 0.169. The molecule has 0 aromatic heterocycles. The summed E-state index contributed by atoms with van der Waals surface area (Å²) in [6, 6.07) is 0. The maximum absolute atomic E-state index is 14.2. The summed E-state index contributed by atoms with van der Waals surface area (Å²) in [4.78, 5) is 54.3. The van der Waals surface area contributed by atoms with Gasteiger partial charge in [-0.3, -0.25) is 9.59 Å². The highest BCUT2D eigenvalue weighted by Crippen LogP contribution is 2.82. The predicted molar refractivity (Wildman–Crippen MR) is 163 cm³/mol. The molecule has 5 aliphatic heterocycles. The van der Waals surface area contributed by atoms with Crippen LogP contribution in [0.25, 0.3) is 0 Å². The highest BCUT2D eigenvalue weighted by molar-refractivity contribution is 5.88. The van der Waals surface area contributed by atoms with E-state index in [1.165, 1.54) is 27.4 Å². The van der Waals surface area contributed by atoms with Gasteiger partial charge in [-0.1, -0.05) is 13.0 Å². The lowest BCUT2D eigenvalue weighted by Gasteiger charge is -2.65.